The molecule has 0 saturated carbocycles. The highest BCUT2D eigenvalue weighted by Gasteiger charge is 2.20. The van der Waals surface area contributed by atoms with Gasteiger partial charge in [-0.15, -0.1) is 11.3 Å². The SMILES string of the molecule is Cc1ccc(NC(=O)c2sc3nc(Cc4cccc(Cl)c4)[nH]c(=O)c3c2C)c(C)c1. The molecule has 152 valence electrons. The van der Waals surface area contributed by atoms with Crippen molar-refractivity contribution < 1.29 is 4.79 Å². The van der Waals surface area contributed by atoms with Gasteiger partial charge in [0.05, 0.1) is 10.3 Å². The standard InChI is InChI=1S/C23H20ClN3O2S/c1-12-7-8-17(13(2)9-12)25-22(29)20-14(3)19-21(28)26-18(27-23(19)30-20)11-15-5-4-6-16(24)10-15/h4-10H,11H2,1-3H3,(H,25,29)(H,26,27,28). The Kier molecular flexibility index (Phi) is 5.45. The fourth-order valence-electron chi connectivity index (χ4n) is 3.46. The quantitative estimate of drug-likeness (QED) is 0.448. The van der Waals surface area contributed by atoms with Gasteiger partial charge in [-0.1, -0.05) is 41.4 Å². The van der Waals surface area contributed by atoms with Crippen molar-refractivity contribution in [1.82, 2.24) is 9.97 Å². The van der Waals surface area contributed by atoms with Crippen LogP contribution in [0, 0.1) is 20.8 Å². The Balaban J connectivity index is 1.68. The number of nitrogens with zero attached hydrogens (tertiary/aromatic N) is 1. The summed E-state index contributed by atoms with van der Waals surface area (Å²) in [5.41, 5.74) is 4.22. The van der Waals surface area contributed by atoms with Crippen molar-refractivity contribution in [2.45, 2.75) is 27.2 Å². The number of H-pyrrole nitrogens is 1. The van der Waals surface area contributed by atoms with Gasteiger partial charge in [0.2, 0.25) is 0 Å². The number of anilines is 1. The predicted molar refractivity (Wildman–Crippen MR) is 123 cm³/mol. The lowest BCUT2D eigenvalue weighted by molar-refractivity contribution is 0.103. The number of thiophene rings is 1. The molecule has 0 aliphatic carbocycles. The molecule has 0 radical (unpaired) electrons. The van der Waals surface area contributed by atoms with Crippen molar-refractivity contribution in [1.29, 1.82) is 0 Å². The number of nitrogens with one attached hydrogen (secondary N) is 2. The maximum absolute atomic E-state index is 12.9. The molecule has 0 bridgehead atoms. The highest BCUT2D eigenvalue weighted by atomic mass is 35.5. The third-order valence-electron chi connectivity index (χ3n) is 4.95. The minimum absolute atomic E-state index is 0.238. The van der Waals surface area contributed by atoms with Crippen LogP contribution in [0.15, 0.2) is 47.3 Å². The minimum Gasteiger partial charge on any atom is -0.321 e. The Morgan fingerprint density at radius 2 is 1.97 bits per heavy atom. The van der Waals surface area contributed by atoms with E-state index in [1.165, 1.54) is 11.3 Å². The van der Waals surface area contributed by atoms with Gasteiger partial charge in [0, 0.05) is 17.1 Å². The first-order chi connectivity index (χ1) is 14.3. The molecule has 0 atom stereocenters. The van der Waals surface area contributed by atoms with E-state index in [4.69, 9.17) is 11.6 Å². The zero-order valence-corrected chi connectivity index (χ0v) is 18.4. The molecule has 0 spiro atoms. The first kappa shape index (κ1) is 20.3. The summed E-state index contributed by atoms with van der Waals surface area (Å²) in [4.78, 5) is 34.1. The van der Waals surface area contributed by atoms with E-state index in [1.54, 1.807) is 13.0 Å². The molecule has 2 N–H and O–H groups in total. The van der Waals surface area contributed by atoms with Crippen LogP contribution in [-0.2, 0) is 6.42 Å². The average Bonchev–Trinajstić information content (AvgIpc) is 3.01. The van der Waals surface area contributed by atoms with Crippen molar-refractivity contribution in [3.8, 4) is 0 Å². The van der Waals surface area contributed by atoms with Crippen LogP contribution < -0.4 is 10.9 Å². The van der Waals surface area contributed by atoms with E-state index in [0.29, 0.717) is 37.9 Å². The Morgan fingerprint density at radius 3 is 2.70 bits per heavy atom. The predicted octanol–water partition coefficient (Wildman–Crippen LogP) is 5.41. The summed E-state index contributed by atoms with van der Waals surface area (Å²) in [6.45, 7) is 5.74. The third-order valence-corrected chi connectivity index (χ3v) is 6.37. The average molecular weight is 438 g/mol. The van der Waals surface area contributed by atoms with E-state index in [-0.39, 0.29) is 11.5 Å². The van der Waals surface area contributed by atoms with E-state index in [9.17, 15) is 9.59 Å². The molecule has 2 aromatic heterocycles. The van der Waals surface area contributed by atoms with E-state index < -0.39 is 0 Å². The van der Waals surface area contributed by atoms with E-state index in [1.807, 2.05) is 50.2 Å². The van der Waals surface area contributed by atoms with Gasteiger partial charge in [0.15, 0.2) is 0 Å². The number of halogens is 1. The number of aromatic nitrogens is 2. The number of carbonyl (C=O) groups excluding carboxylic acids is 1. The van der Waals surface area contributed by atoms with E-state index in [2.05, 4.69) is 15.3 Å². The first-order valence-electron chi connectivity index (χ1n) is 9.47. The summed E-state index contributed by atoms with van der Waals surface area (Å²) >= 11 is 7.28. The number of benzene rings is 2. The summed E-state index contributed by atoms with van der Waals surface area (Å²) in [6, 6.07) is 13.3. The van der Waals surface area contributed by atoms with Gasteiger partial charge in [-0.25, -0.2) is 4.98 Å². The summed E-state index contributed by atoms with van der Waals surface area (Å²) in [5, 5.41) is 4.04. The van der Waals surface area contributed by atoms with Crippen molar-refractivity contribution in [2.24, 2.45) is 0 Å². The zero-order valence-electron chi connectivity index (χ0n) is 16.8. The van der Waals surface area contributed by atoms with Crippen LogP contribution >= 0.6 is 22.9 Å². The number of fused-ring (bicyclic) bond motifs is 1. The largest absolute Gasteiger partial charge is 0.321 e. The van der Waals surface area contributed by atoms with Gasteiger partial charge < -0.3 is 10.3 Å². The Morgan fingerprint density at radius 1 is 1.17 bits per heavy atom. The van der Waals surface area contributed by atoms with Crippen molar-refractivity contribution in [3.05, 3.63) is 90.8 Å². The van der Waals surface area contributed by atoms with Gasteiger partial charge >= 0.3 is 0 Å². The molecule has 2 aromatic carbocycles. The number of rotatable bonds is 4. The van der Waals surface area contributed by atoms with Crippen LogP contribution in [0.4, 0.5) is 5.69 Å². The molecular formula is C23H20ClN3O2S. The molecule has 0 saturated heterocycles. The van der Waals surface area contributed by atoms with Crippen molar-refractivity contribution in [2.75, 3.05) is 5.32 Å². The summed E-state index contributed by atoms with van der Waals surface area (Å²) in [5.74, 6) is 0.301. The number of aromatic amines is 1. The lowest BCUT2D eigenvalue weighted by atomic mass is 10.1. The van der Waals surface area contributed by atoms with Gasteiger partial charge in [-0.2, -0.15) is 0 Å². The van der Waals surface area contributed by atoms with Crippen LogP contribution in [-0.4, -0.2) is 15.9 Å². The normalized spacial score (nSPS) is 11.1. The van der Waals surface area contributed by atoms with Crippen LogP contribution in [0.3, 0.4) is 0 Å². The fourth-order valence-corrected chi connectivity index (χ4v) is 4.77. The Hall–Kier alpha value is -2.96. The maximum Gasteiger partial charge on any atom is 0.266 e. The molecule has 0 aliphatic heterocycles. The number of hydrogen-bond acceptors (Lipinski definition) is 4. The second kappa shape index (κ2) is 8.05. The van der Waals surface area contributed by atoms with E-state index in [0.717, 1.165) is 22.4 Å². The highest BCUT2D eigenvalue weighted by molar-refractivity contribution is 7.20. The van der Waals surface area contributed by atoms with Crippen molar-refractivity contribution >= 4 is 44.7 Å². The van der Waals surface area contributed by atoms with Gasteiger partial charge in [0.1, 0.15) is 10.7 Å². The molecule has 2 heterocycles. The molecule has 30 heavy (non-hydrogen) atoms. The second-order valence-electron chi connectivity index (χ2n) is 7.33. The van der Waals surface area contributed by atoms with Crippen LogP contribution in [0.5, 0.6) is 0 Å². The number of aryl methyl sites for hydroxylation is 3. The second-order valence-corrected chi connectivity index (χ2v) is 8.76. The lowest BCUT2D eigenvalue weighted by Gasteiger charge is -2.08. The number of amides is 1. The van der Waals surface area contributed by atoms with E-state index >= 15 is 0 Å². The Bertz CT molecular complexity index is 1340. The molecule has 0 fully saturated rings. The van der Waals surface area contributed by atoms with Crippen molar-refractivity contribution in [3.63, 3.8) is 0 Å². The lowest BCUT2D eigenvalue weighted by Crippen LogP contribution is -2.14. The monoisotopic (exact) mass is 437 g/mol. The minimum atomic E-state index is -0.239. The molecule has 0 unspecified atom stereocenters. The first-order valence-corrected chi connectivity index (χ1v) is 10.7. The highest BCUT2D eigenvalue weighted by Crippen LogP contribution is 2.28. The number of carbonyl (C=O) groups is 1. The summed E-state index contributed by atoms with van der Waals surface area (Å²) < 4.78 is 0. The summed E-state index contributed by atoms with van der Waals surface area (Å²) in [6.07, 6.45) is 0.451. The molecule has 5 nitrogen and oxygen atoms in total. The topological polar surface area (TPSA) is 74.8 Å². The zero-order chi connectivity index (χ0) is 21.4. The number of hydrogen-bond donors (Lipinski definition) is 2. The smallest absolute Gasteiger partial charge is 0.266 e. The van der Waals surface area contributed by atoms with Gasteiger partial charge in [0.25, 0.3) is 11.5 Å². The Labute approximate surface area is 182 Å². The molecule has 4 aromatic rings. The van der Waals surface area contributed by atoms with Crippen LogP contribution in [0.25, 0.3) is 10.2 Å². The van der Waals surface area contributed by atoms with Crippen LogP contribution in [0.2, 0.25) is 5.02 Å². The molecule has 0 aliphatic rings. The summed E-state index contributed by atoms with van der Waals surface area (Å²) in [7, 11) is 0. The van der Waals surface area contributed by atoms with Gasteiger partial charge in [-0.05, 0) is 55.7 Å². The molecular weight excluding hydrogens is 418 g/mol. The molecule has 1 amide bonds. The van der Waals surface area contributed by atoms with Gasteiger partial charge in [-0.3, -0.25) is 9.59 Å². The van der Waals surface area contributed by atoms with Crippen LogP contribution in [0.1, 0.15) is 37.7 Å². The third kappa shape index (κ3) is 4.01. The maximum atomic E-state index is 12.9. The molecule has 7 heteroatoms. The molecule has 4 rings (SSSR count). The fraction of sp³-hybridized carbons (Fsp3) is 0.174.